The minimum Gasteiger partial charge on any atom is -0.342 e. The summed E-state index contributed by atoms with van der Waals surface area (Å²) in [5, 5.41) is 0. The van der Waals surface area contributed by atoms with E-state index < -0.39 is 0 Å². The summed E-state index contributed by atoms with van der Waals surface area (Å²) in [5.41, 5.74) is 0. The third-order valence-electron chi connectivity index (χ3n) is 4.27. The molecule has 0 N–H and O–H groups in total. The molecule has 23 heavy (non-hydrogen) atoms. The largest absolute Gasteiger partial charge is 0.342 e. The lowest BCUT2D eigenvalue weighted by Gasteiger charge is -2.26. The predicted molar refractivity (Wildman–Crippen MR) is 103 cm³/mol. The van der Waals surface area contributed by atoms with Crippen molar-refractivity contribution in [3.63, 3.8) is 0 Å². The number of amides is 1. The van der Waals surface area contributed by atoms with Gasteiger partial charge in [0, 0.05) is 19.5 Å². The van der Waals surface area contributed by atoms with Crippen LogP contribution in [0.15, 0.2) is 0 Å². The van der Waals surface area contributed by atoms with E-state index in [1.807, 2.05) is 0 Å². The van der Waals surface area contributed by atoms with Crippen LogP contribution in [-0.4, -0.2) is 23.9 Å². The fraction of sp³-hybridized carbons (Fsp3) is 0.952. The van der Waals surface area contributed by atoms with Gasteiger partial charge in [-0.2, -0.15) is 0 Å². The first kappa shape index (κ1) is 22.5. The van der Waals surface area contributed by atoms with Gasteiger partial charge in [-0.3, -0.25) is 4.79 Å². The van der Waals surface area contributed by atoms with Gasteiger partial charge in [-0.15, -0.1) is 0 Å². The minimum atomic E-state index is 0.368. The molecule has 0 aliphatic heterocycles. The monoisotopic (exact) mass is 325 g/mol. The molecule has 0 fully saturated rings. The Labute approximate surface area is 146 Å². The van der Waals surface area contributed by atoms with Crippen LogP contribution in [0.4, 0.5) is 0 Å². The predicted octanol–water partition coefficient (Wildman–Crippen LogP) is 6.44. The second-order valence-corrected chi connectivity index (χ2v) is 8.02. The number of rotatable bonds is 15. The lowest BCUT2D eigenvalue weighted by molar-refractivity contribution is -0.132. The zero-order valence-corrected chi connectivity index (χ0v) is 16.7. The van der Waals surface area contributed by atoms with Crippen LogP contribution in [0.3, 0.4) is 0 Å². The van der Waals surface area contributed by atoms with Crippen LogP contribution in [0.5, 0.6) is 0 Å². The molecular formula is C21H43NO. The molecule has 0 aromatic heterocycles. The van der Waals surface area contributed by atoms with Gasteiger partial charge in [-0.1, -0.05) is 92.4 Å². The molecule has 0 saturated carbocycles. The molecule has 0 saturated heterocycles. The van der Waals surface area contributed by atoms with Crippen molar-refractivity contribution < 1.29 is 4.79 Å². The molecule has 0 rings (SSSR count). The van der Waals surface area contributed by atoms with Gasteiger partial charge in [0.25, 0.3) is 0 Å². The van der Waals surface area contributed by atoms with Crippen LogP contribution >= 0.6 is 0 Å². The average molecular weight is 326 g/mol. The Morgan fingerprint density at radius 2 is 1.09 bits per heavy atom. The Kier molecular flexibility index (Phi) is 14.7. The van der Waals surface area contributed by atoms with Crippen LogP contribution < -0.4 is 0 Å². The van der Waals surface area contributed by atoms with Crippen LogP contribution in [0.1, 0.15) is 105 Å². The van der Waals surface area contributed by atoms with Crippen molar-refractivity contribution in [1.29, 1.82) is 0 Å². The summed E-state index contributed by atoms with van der Waals surface area (Å²) in [6.07, 6.45) is 14.0. The fourth-order valence-corrected chi connectivity index (χ4v) is 3.08. The number of carbonyl (C=O) groups excluding carboxylic acids is 1. The zero-order chi connectivity index (χ0) is 17.5. The summed E-state index contributed by atoms with van der Waals surface area (Å²) in [5.74, 6) is 1.49. The number of unbranched alkanes of at least 4 members (excludes halogenated alkanes) is 9. The quantitative estimate of drug-likeness (QED) is 0.317. The van der Waals surface area contributed by atoms with E-state index in [9.17, 15) is 4.79 Å². The highest BCUT2D eigenvalue weighted by Gasteiger charge is 2.15. The standard InChI is InChI=1S/C21H43NO/c1-6-7-8-9-10-11-12-13-14-15-16-21(23)22(17-19(2)3)18-20(4)5/h19-20H,6-18H2,1-5H3. The van der Waals surface area contributed by atoms with Crippen molar-refractivity contribution >= 4 is 5.91 Å². The van der Waals surface area contributed by atoms with Crippen LogP contribution in [0, 0.1) is 11.8 Å². The van der Waals surface area contributed by atoms with Crippen molar-refractivity contribution in [2.24, 2.45) is 11.8 Å². The van der Waals surface area contributed by atoms with Crippen LogP contribution in [-0.2, 0) is 4.79 Å². The highest BCUT2D eigenvalue weighted by Crippen LogP contribution is 2.13. The summed E-state index contributed by atoms with van der Waals surface area (Å²) < 4.78 is 0. The number of carbonyl (C=O) groups is 1. The smallest absolute Gasteiger partial charge is 0.222 e. The second kappa shape index (κ2) is 15.0. The first-order valence-electron chi connectivity index (χ1n) is 10.2. The first-order chi connectivity index (χ1) is 11.0. The van der Waals surface area contributed by atoms with Crippen molar-refractivity contribution in [2.75, 3.05) is 13.1 Å². The van der Waals surface area contributed by atoms with Gasteiger partial charge in [0.15, 0.2) is 0 Å². The van der Waals surface area contributed by atoms with Crippen LogP contribution in [0.25, 0.3) is 0 Å². The summed E-state index contributed by atoms with van der Waals surface area (Å²) >= 11 is 0. The number of nitrogens with zero attached hydrogens (tertiary/aromatic N) is 1. The van der Waals surface area contributed by atoms with Crippen molar-refractivity contribution in [3.8, 4) is 0 Å². The number of hydrogen-bond acceptors (Lipinski definition) is 1. The molecule has 0 aliphatic rings. The molecular weight excluding hydrogens is 282 g/mol. The Balaban J connectivity index is 3.66. The molecule has 2 nitrogen and oxygen atoms in total. The van der Waals surface area contributed by atoms with Crippen LogP contribution in [0.2, 0.25) is 0 Å². The third kappa shape index (κ3) is 14.8. The highest BCUT2D eigenvalue weighted by atomic mass is 16.2. The maximum Gasteiger partial charge on any atom is 0.222 e. The summed E-state index contributed by atoms with van der Waals surface area (Å²) in [6, 6.07) is 0. The maximum absolute atomic E-state index is 12.4. The normalized spacial score (nSPS) is 11.4. The molecule has 1 amide bonds. The van der Waals surface area contributed by atoms with E-state index in [0.29, 0.717) is 17.7 Å². The maximum atomic E-state index is 12.4. The zero-order valence-electron chi connectivity index (χ0n) is 16.7. The summed E-state index contributed by atoms with van der Waals surface area (Å²) in [6.45, 7) is 12.9. The average Bonchev–Trinajstić information content (AvgIpc) is 2.47. The molecule has 0 spiro atoms. The molecule has 0 atom stereocenters. The molecule has 0 unspecified atom stereocenters. The van der Waals surface area contributed by atoms with E-state index in [4.69, 9.17) is 0 Å². The van der Waals surface area contributed by atoms with Gasteiger partial charge < -0.3 is 4.90 Å². The highest BCUT2D eigenvalue weighted by molar-refractivity contribution is 5.76. The fourth-order valence-electron chi connectivity index (χ4n) is 3.08. The van der Waals surface area contributed by atoms with Gasteiger partial charge in [-0.05, 0) is 18.3 Å². The SMILES string of the molecule is CCCCCCCCCCCCC(=O)N(CC(C)C)CC(C)C. The van der Waals surface area contributed by atoms with Crippen molar-refractivity contribution in [1.82, 2.24) is 4.90 Å². The Hall–Kier alpha value is -0.530. The first-order valence-corrected chi connectivity index (χ1v) is 10.2. The molecule has 0 heterocycles. The van der Waals surface area contributed by atoms with Gasteiger partial charge in [0.05, 0.1) is 0 Å². The second-order valence-electron chi connectivity index (χ2n) is 8.02. The molecule has 0 aliphatic carbocycles. The lowest BCUT2D eigenvalue weighted by Crippen LogP contribution is -2.36. The molecule has 0 aromatic rings. The van der Waals surface area contributed by atoms with E-state index in [2.05, 4.69) is 39.5 Å². The van der Waals surface area contributed by atoms with Gasteiger partial charge in [0.1, 0.15) is 0 Å². The summed E-state index contributed by atoms with van der Waals surface area (Å²) in [7, 11) is 0. The molecule has 0 aromatic carbocycles. The summed E-state index contributed by atoms with van der Waals surface area (Å²) in [4.78, 5) is 14.5. The van der Waals surface area contributed by atoms with Crippen molar-refractivity contribution in [2.45, 2.75) is 105 Å². The van der Waals surface area contributed by atoms with Crippen molar-refractivity contribution in [3.05, 3.63) is 0 Å². The van der Waals surface area contributed by atoms with Gasteiger partial charge in [-0.25, -0.2) is 0 Å². The Morgan fingerprint density at radius 3 is 1.48 bits per heavy atom. The Morgan fingerprint density at radius 1 is 0.696 bits per heavy atom. The number of hydrogen-bond donors (Lipinski definition) is 0. The third-order valence-corrected chi connectivity index (χ3v) is 4.27. The molecule has 138 valence electrons. The van der Waals surface area contributed by atoms with Gasteiger partial charge in [0.2, 0.25) is 5.91 Å². The molecule has 0 radical (unpaired) electrons. The lowest BCUT2D eigenvalue weighted by atomic mass is 10.1. The van der Waals surface area contributed by atoms with E-state index in [0.717, 1.165) is 25.9 Å². The van der Waals surface area contributed by atoms with E-state index >= 15 is 0 Å². The van der Waals surface area contributed by atoms with E-state index in [1.54, 1.807) is 0 Å². The topological polar surface area (TPSA) is 20.3 Å². The van der Waals surface area contributed by atoms with E-state index in [1.165, 1.54) is 57.8 Å². The molecule has 0 bridgehead atoms. The Bertz CT molecular complexity index is 263. The van der Waals surface area contributed by atoms with E-state index in [-0.39, 0.29) is 0 Å². The minimum absolute atomic E-state index is 0.368. The molecule has 2 heteroatoms. The van der Waals surface area contributed by atoms with Gasteiger partial charge >= 0.3 is 0 Å².